The van der Waals surface area contributed by atoms with Crippen LogP contribution in [0.3, 0.4) is 0 Å². The van der Waals surface area contributed by atoms with Crippen molar-refractivity contribution in [1.29, 1.82) is 0 Å². The van der Waals surface area contributed by atoms with Crippen LogP contribution in [-0.2, 0) is 9.53 Å². The van der Waals surface area contributed by atoms with E-state index in [0.29, 0.717) is 12.1 Å². The third-order valence-corrected chi connectivity index (χ3v) is 1.83. The fraction of sp³-hybridized carbons (Fsp3) is 0.667. The van der Waals surface area contributed by atoms with Crippen molar-refractivity contribution in [3.05, 3.63) is 12.2 Å². The van der Waals surface area contributed by atoms with Gasteiger partial charge in [-0.05, 0) is 6.92 Å². The molecule has 74 valence electrons. The number of rotatable bonds is 5. The maximum atomic E-state index is 11.1. The van der Waals surface area contributed by atoms with Gasteiger partial charge in [-0.25, -0.2) is 4.79 Å². The first-order valence-corrected chi connectivity index (χ1v) is 4.33. The average Bonchev–Trinajstić information content (AvgIpc) is 2.86. The second-order valence-corrected chi connectivity index (χ2v) is 3.29. The number of aliphatic hydroxyl groups is 1. The predicted molar refractivity (Wildman–Crippen MR) is 48.2 cm³/mol. The monoisotopic (exact) mass is 185 g/mol. The van der Waals surface area contributed by atoms with E-state index in [1.54, 1.807) is 6.92 Å². The van der Waals surface area contributed by atoms with Gasteiger partial charge in [-0.1, -0.05) is 6.58 Å². The lowest BCUT2D eigenvalue weighted by Crippen LogP contribution is -2.29. The summed E-state index contributed by atoms with van der Waals surface area (Å²) in [6.45, 7) is 7.61. The van der Waals surface area contributed by atoms with E-state index >= 15 is 0 Å². The lowest BCUT2D eigenvalue weighted by molar-refractivity contribution is -0.146. The van der Waals surface area contributed by atoms with Gasteiger partial charge in [0.1, 0.15) is 6.10 Å². The van der Waals surface area contributed by atoms with Gasteiger partial charge in [-0.3, -0.25) is 4.90 Å². The van der Waals surface area contributed by atoms with Crippen molar-refractivity contribution in [2.24, 2.45) is 0 Å². The van der Waals surface area contributed by atoms with Gasteiger partial charge in [-0.2, -0.15) is 0 Å². The normalized spacial score (nSPS) is 18.0. The number of carbonyl (C=O) groups excluding carboxylic acids is 1. The Morgan fingerprint density at radius 2 is 2.31 bits per heavy atom. The maximum absolute atomic E-state index is 11.1. The van der Waals surface area contributed by atoms with Crippen LogP contribution < -0.4 is 0 Å². The molecule has 13 heavy (non-hydrogen) atoms. The molecule has 1 heterocycles. The lowest BCUT2D eigenvalue weighted by atomic mass is 10.3. The highest BCUT2D eigenvalue weighted by Gasteiger charge is 2.23. The van der Waals surface area contributed by atoms with Crippen molar-refractivity contribution >= 4 is 5.97 Å². The molecule has 0 aliphatic carbocycles. The van der Waals surface area contributed by atoms with Crippen LogP contribution in [0.1, 0.15) is 6.92 Å². The maximum Gasteiger partial charge on any atom is 0.333 e. The highest BCUT2D eigenvalue weighted by molar-refractivity contribution is 5.87. The number of aliphatic hydroxyl groups excluding tert-OH is 1. The zero-order valence-electron chi connectivity index (χ0n) is 7.82. The molecule has 1 saturated heterocycles. The Bertz CT molecular complexity index is 211. The molecule has 0 bridgehead atoms. The van der Waals surface area contributed by atoms with Crippen molar-refractivity contribution in [3.63, 3.8) is 0 Å². The summed E-state index contributed by atoms with van der Waals surface area (Å²) in [6.07, 6.45) is -0.410. The molecule has 1 aliphatic rings. The molecule has 0 radical (unpaired) electrons. The van der Waals surface area contributed by atoms with Crippen molar-refractivity contribution in [2.75, 3.05) is 26.2 Å². The molecule has 0 aromatic carbocycles. The standard InChI is InChI=1S/C9H15NO3/c1-7(2)9(12)13-8(6-11)5-10-3-4-10/h8,11H,1,3-6H2,2H3. The van der Waals surface area contributed by atoms with Gasteiger partial charge in [0.2, 0.25) is 0 Å². The molecule has 0 spiro atoms. The molecule has 0 saturated carbocycles. The predicted octanol–water partition coefficient (Wildman–Crippen LogP) is -0.218. The van der Waals surface area contributed by atoms with Crippen LogP contribution in [0.15, 0.2) is 12.2 Å². The van der Waals surface area contributed by atoms with Crippen molar-refractivity contribution in [1.82, 2.24) is 4.90 Å². The summed E-state index contributed by atoms with van der Waals surface area (Å²) >= 11 is 0. The van der Waals surface area contributed by atoms with Crippen molar-refractivity contribution < 1.29 is 14.6 Å². The first kappa shape index (κ1) is 10.2. The smallest absolute Gasteiger partial charge is 0.333 e. The number of carbonyl (C=O) groups is 1. The third-order valence-electron chi connectivity index (χ3n) is 1.83. The van der Waals surface area contributed by atoms with Crippen molar-refractivity contribution in [3.8, 4) is 0 Å². The van der Waals surface area contributed by atoms with Crippen LogP contribution in [0.2, 0.25) is 0 Å². The number of nitrogens with zero attached hydrogens (tertiary/aromatic N) is 1. The number of ether oxygens (including phenoxy) is 1. The summed E-state index contributed by atoms with van der Waals surface area (Å²) in [7, 11) is 0. The van der Waals surface area contributed by atoms with Crippen LogP contribution in [0.4, 0.5) is 0 Å². The lowest BCUT2D eigenvalue weighted by Gasteiger charge is -2.15. The highest BCUT2D eigenvalue weighted by atomic mass is 16.6. The first-order valence-electron chi connectivity index (χ1n) is 4.33. The summed E-state index contributed by atoms with van der Waals surface area (Å²) < 4.78 is 4.98. The molecule has 0 aromatic rings. The Balaban J connectivity index is 2.29. The van der Waals surface area contributed by atoms with Crippen LogP contribution in [0.5, 0.6) is 0 Å². The van der Waals surface area contributed by atoms with Crippen LogP contribution in [0, 0.1) is 0 Å². The zero-order chi connectivity index (χ0) is 9.84. The minimum absolute atomic E-state index is 0.129. The van der Waals surface area contributed by atoms with E-state index in [9.17, 15) is 4.79 Å². The summed E-state index contributed by atoms with van der Waals surface area (Å²) in [5.74, 6) is -0.430. The largest absolute Gasteiger partial charge is 0.455 e. The van der Waals surface area contributed by atoms with Crippen LogP contribution in [-0.4, -0.2) is 48.3 Å². The van der Waals surface area contributed by atoms with Gasteiger partial charge >= 0.3 is 5.97 Å². The fourth-order valence-electron chi connectivity index (χ4n) is 0.926. The van der Waals surface area contributed by atoms with Gasteiger partial charge in [0.15, 0.2) is 0 Å². The second kappa shape index (κ2) is 4.39. The Hall–Kier alpha value is -0.870. The summed E-state index contributed by atoms with van der Waals surface area (Å²) in [4.78, 5) is 13.2. The second-order valence-electron chi connectivity index (χ2n) is 3.29. The Morgan fingerprint density at radius 3 is 2.69 bits per heavy atom. The summed E-state index contributed by atoms with van der Waals surface area (Å²) in [5, 5.41) is 8.90. The Labute approximate surface area is 77.8 Å². The summed E-state index contributed by atoms with van der Waals surface area (Å²) in [6, 6.07) is 0. The first-order chi connectivity index (χ1) is 6.13. The van der Waals surface area contributed by atoms with Gasteiger partial charge in [0.25, 0.3) is 0 Å². The number of esters is 1. The molecule has 1 rings (SSSR count). The third kappa shape index (κ3) is 3.57. The fourth-order valence-corrected chi connectivity index (χ4v) is 0.926. The van der Waals surface area contributed by atoms with Gasteiger partial charge < -0.3 is 9.84 Å². The Kier molecular flexibility index (Phi) is 3.45. The Morgan fingerprint density at radius 1 is 1.69 bits per heavy atom. The minimum Gasteiger partial charge on any atom is -0.455 e. The molecular weight excluding hydrogens is 170 g/mol. The molecular formula is C9H15NO3. The zero-order valence-corrected chi connectivity index (χ0v) is 7.82. The topological polar surface area (TPSA) is 49.5 Å². The average molecular weight is 185 g/mol. The highest BCUT2D eigenvalue weighted by Crippen LogP contribution is 2.07. The van der Waals surface area contributed by atoms with E-state index in [0.717, 1.165) is 13.1 Å². The molecule has 1 atom stereocenters. The quantitative estimate of drug-likeness (QED) is 0.365. The van der Waals surface area contributed by atoms with E-state index in [-0.39, 0.29) is 6.61 Å². The minimum atomic E-state index is -0.430. The SMILES string of the molecule is C=C(C)C(=O)OC(CO)CN1CC1. The van der Waals surface area contributed by atoms with E-state index in [4.69, 9.17) is 9.84 Å². The van der Waals surface area contributed by atoms with E-state index in [2.05, 4.69) is 11.5 Å². The molecule has 1 unspecified atom stereocenters. The van der Waals surface area contributed by atoms with Crippen molar-refractivity contribution in [2.45, 2.75) is 13.0 Å². The molecule has 1 N–H and O–H groups in total. The van der Waals surface area contributed by atoms with Gasteiger partial charge in [-0.15, -0.1) is 0 Å². The number of hydrogen-bond acceptors (Lipinski definition) is 4. The van der Waals surface area contributed by atoms with E-state index < -0.39 is 12.1 Å². The van der Waals surface area contributed by atoms with Crippen LogP contribution in [0.25, 0.3) is 0 Å². The molecule has 4 nitrogen and oxygen atoms in total. The summed E-state index contributed by atoms with van der Waals surface area (Å²) in [5.41, 5.74) is 0.365. The number of hydrogen-bond donors (Lipinski definition) is 1. The van der Waals surface area contributed by atoms with Crippen LogP contribution >= 0.6 is 0 Å². The van der Waals surface area contributed by atoms with Gasteiger partial charge in [0, 0.05) is 25.2 Å². The molecule has 4 heteroatoms. The van der Waals surface area contributed by atoms with E-state index in [1.807, 2.05) is 0 Å². The molecule has 0 amide bonds. The molecule has 1 aliphatic heterocycles. The van der Waals surface area contributed by atoms with E-state index in [1.165, 1.54) is 0 Å². The van der Waals surface area contributed by atoms with Gasteiger partial charge in [0.05, 0.1) is 6.61 Å². The molecule has 0 aromatic heterocycles. The molecule has 1 fully saturated rings.